The van der Waals surface area contributed by atoms with Crippen LogP contribution in [-0.4, -0.2) is 39.5 Å². The number of rotatable bonds is 9. The van der Waals surface area contributed by atoms with E-state index in [0.717, 1.165) is 17.0 Å². The van der Waals surface area contributed by atoms with Crippen LogP contribution in [0, 0.1) is 5.92 Å². The molecule has 7 heteroatoms. The molecule has 0 saturated heterocycles. The molecular formula is C25H28N2O4S. The molecular weight excluding hydrogens is 424 g/mol. The van der Waals surface area contributed by atoms with Crippen molar-refractivity contribution in [2.75, 3.05) is 23.7 Å². The molecule has 6 nitrogen and oxygen atoms in total. The predicted octanol–water partition coefficient (Wildman–Crippen LogP) is 3.80. The highest BCUT2D eigenvalue weighted by atomic mass is 32.2. The summed E-state index contributed by atoms with van der Waals surface area (Å²) in [5.74, 6) is -0.405. The number of ketones is 1. The summed E-state index contributed by atoms with van der Waals surface area (Å²) in [7, 11) is -3.71. The summed E-state index contributed by atoms with van der Waals surface area (Å²) in [5.41, 5.74) is 1.89. The van der Waals surface area contributed by atoms with Gasteiger partial charge in [0.1, 0.15) is 6.54 Å². The lowest BCUT2D eigenvalue weighted by Crippen LogP contribution is -2.41. The number of nitrogens with one attached hydrogen (secondary N) is 1. The van der Waals surface area contributed by atoms with Gasteiger partial charge in [0.15, 0.2) is 5.78 Å². The minimum Gasteiger partial charge on any atom is -0.354 e. The van der Waals surface area contributed by atoms with E-state index in [2.05, 4.69) is 29.6 Å². The monoisotopic (exact) mass is 452 g/mol. The Labute approximate surface area is 189 Å². The van der Waals surface area contributed by atoms with E-state index >= 15 is 0 Å². The highest BCUT2D eigenvalue weighted by Crippen LogP contribution is 2.22. The van der Waals surface area contributed by atoms with E-state index in [1.807, 2.05) is 25.1 Å². The van der Waals surface area contributed by atoms with Gasteiger partial charge in [-0.1, -0.05) is 61.5 Å². The third kappa shape index (κ3) is 5.95. The van der Waals surface area contributed by atoms with Crippen molar-refractivity contribution < 1.29 is 18.0 Å². The maximum absolute atomic E-state index is 12.6. The zero-order valence-electron chi connectivity index (χ0n) is 18.5. The topological polar surface area (TPSA) is 83.6 Å². The highest BCUT2D eigenvalue weighted by Gasteiger charge is 2.21. The van der Waals surface area contributed by atoms with Crippen LogP contribution in [0.5, 0.6) is 0 Å². The lowest BCUT2D eigenvalue weighted by Gasteiger charge is -2.23. The van der Waals surface area contributed by atoms with Gasteiger partial charge < -0.3 is 5.32 Å². The Morgan fingerprint density at radius 2 is 1.69 bits per heavy atom. The van der Waals surface area contributed by atoms with E-state index in [9.17, 15) is 18.0 Å². The van der Waals surface area contributed by atoms with Crippen LogP contribution in [0.15, 0.2) is 66.7 Å². The molecule has 1 atom stereocenters. The summed E-state index contributed by atoms with van der Waals surface area (Å²) in [6.45, 7) is 3.54. The standard InChI is InChI=1S/C25H28N2O4S/c1-18(14-22-11-6-9-20-8-4-5-13-24(20)22)16-26-25(29)17-27(32(3,30)31)23-12-7-10-21(15-23)19(2)28/h4-13,15,18H,14,16-17H2,1-3H3,(H,26,29). The van der Waals surface area contributed by atoms with Gasteiger partial charge in [-0.05, 0) is 47.7 Å². The molecule has 0 aliphatic carbocycles. The zero-order valence-corrected chi connectivity index (χ0v) is 19.4. The van der Waals surface area contributed by atoms with Crippen molar-refractivity contribution in [3.05, 3.63) is 77.9 Å². The van der Waals surface area contributed by atoms with Crippen molar-refractivity contribution in [1.82, 2.24) is 5.32 Å². The normalized spacial score (nSPS) is 12.3. The molecule has 168 valence electrons. The Hall–Kier alpha value is -3.19. The van der Waals surface area contributed by atoms with Gasteiger partial charge in [-0.2, -0.15) is 0 Å². The molecule has 0 spiro atoms. The minimum absolute atomic E-state index is 0.164. The van der Waals surface area contributed by atoms with Crippen LogP contribution < -0.4 is 9.62 Å². The molecule has 1 N–H and O–H groups in total. The number of carbonyl (C=O) groups excluding carboxylic acids is 2. The first kappa shape index (κ1) is 23.5. The number of nitrogens with zero attached hydrogens (tertiary/aromatic N) is 1. The molecule has 3 aromatic carbocycles. The number of Topliss-reactive ketones (excluding diaryl/α,β-unsaturated/α-hetero) is 1. The van der Waals surface area contributed by atoms with E-state index < -0.39 is 15.9 Å². The zero-order chi connectivity index (χ0) is 23.3. The highest BCUT2D eigenvalue weighted by molar-refractivity contribution is 7.92. The first-order valence-electron chi connectivity index (χ1n) is 10.5. The molecule has 0 aromatic heterocycles. The average molecular weight is 453 g/mol. The van der Waals surface area contributed by atoms with Gasteiger partial charge in [0.25, 0.3) is 0 Å². The van der Waals surface area contributed by atoms with Gasteiger partial charge in [0, 0.05) is 12.1 Å². The summed E-state index contributed by atoms with van der Waals surface area (Å²) in [5, 5.41) is 5.22. The number of fused-ring (bicyclic) bond motifs is 1. The first-order chi connectivity index (χ1) is 15.1. The lowest BCUT2D eigenvalue weighted by atomic mass is 9.96. The maximum atomic E-state index is 12.6. The quantitative estimate of drug-likeness (QED) is 0.501. The number of anilines is 1. The molecule has 0 radical (unpaired) electrons. The summed E-state index contributed by atoms with van der Waals surface area (Å²) < 4.78 is 25.6. The molecule has 3 aromatic rings. The molecule has 3 rings (SSSR count). The van der Waals surface area contributed by atoms with Gasteiger partial charge in [-0.25, -0.2) is 8.42 Å². The molecule has 0 saturated carbocycles. The number of amides is 1. The van der Waals surface area contributed by atoms with E-state index in [-0.39, 0.29) is 18.2 Å². The van der Waals surface area contributed by atoms with Gasteiger partial charge in [0.05, 0.1) is 11.9 Å². The Balaban J connectivity index is 1.65. The molecule has 0 fully saturated rings. The van der Waals surface area contributed by atoms with Crippen molar-refractivity contribution in [2.45, 2.75) is 20.3 Å². The smallest absolute Gasteiger partial charge is 0.240 e. The van der Waals surface area contributed by atoms with Crippen LogP contribution in [-0.2, 0) is 21.2 Å². The van der Waals surface area contributed by atoms with Crippen LogP contribution in [0.2, 0.25) is 0 Å². The largest absolute Gasteiger partial charge is 0.354 e. The second kappa shape index (κ2) is 9.96. The summed E-state index contributed by atoms with van der Waals surface area (Å²) in [6.07, 6.45) is 1.84. The van der Waals surface area contributed by atoms with Gasteiger partial charge in [-0.15, -0.1) is 0 Å². The van der Waals surface area contributed by atoms with Crippen LogP contribution in [0.4, 0.5) is 5.69 Å². The fourth-order valence-corrected chi connectivity index (χ4v) is 4.52. The molecule has 0 bridgehead atoms. The van der Waals surface area contributed by atoms with Crippen molar-refractivity contribution in [3.63, 3.8) is 0 Å². The summed E-state index contributed by atoms with van der Waals surface area (Å²) in [4.78, 5) is 24.2. The number of hydrogen-bond acceptors (Lipinski definition) is 4. The molecule has 0 aliphatic heterocycles. The number of benzene rings is 3. The van der Waals surface area contributed by atoms with Crippen molar-refractivity contribution in [2.24, 2.45) is 5.92 Å². The predicted molar refractivity (Wildman–Crippen MR) is 128 cm³/mol. The van der Waals surface area contributed by atoms with E-state index in [0.29, 0.717) is 17.8 Å². The van der Waals surface area contributed by atoms with E-state index in [1.54, 1.807) is 18.2 Å². The Morgan fingerprint density at radius 1 is 1.00 bits per heavy atom. The number of sulfonamides is 1. The lowest BCUT2D eigenvalue weighted by molar-refractivity contribution is -0.119. The number of carbonyl (C=O) groups is 2. The van der Waals surface area contributed by atoms with Crippen LogP contribution in [0.25, 0.3) is 10.8 Å². The van der Waals surface area contributed by atoms with Crippen molar-refractivity contribution in [3.8, 4) is 0 Å². The Bertz CT molecular complexity index is 1230. The SMILES string of the molecule is CC(=O)c1cccc(N(CC(=O)NCC(C)Cc2cccc3ccccc23)S(C)(=O)=O)c1. The van der Waals surface area contributed by atoms with Crippen LogP contribution in [0.1, 0.15) is 29.8 Å². The van der Waals surface area contributed by atoms with Crippen LogP contribution >= 0.6 is 0 Å². The third-order valence-corrected chi connectivity index (χ3v) is 6.46. The maximum Gasteiger partial charge on any atom is 0.240 e. The van der Waals surface area contributed by atoms with Crippen molar-refractivity contribution in [1.29, 1.82) is 0 Å². The van der Waals surface area contributed by atoms with Gasteiger partial charge in [0.2, 0.25) is 15.9 Å². The van der Waals surface area contributed by atoms with Gasteiger partial charge in [-0.3, -0.25) is 13.9 Å². The van der Waals surface area contributed by atoms with Crippen LogP contribution in [0.3, 0.4) is 0 Å². The Morgan fingerprint density at radius 3 is 2.41 bits per heavy atom. The fraction of sp³-hybridized carbons (Fsp3) is 0.280. The number of hydrogen-bond donors (Lipinski definition) is 1. The second-order valence-corrected chi connectivity index (χ2v) is 10.0. The molecule has 1 unspecified atom stereocenters. The summed E-state index contributed by atoms with van der Waals surface area (Å²) in [6, 6.07) is 20.7. The summed E-state index contributed by atoms with van der Waals surface area (Å²) >= 11 is 0. The minimum atomic E-state index is -3.71. The van der Waals surface area contributed by atoms with E-state index in [4.69, 9.17) is 0 Å². The average Bonchev–Trinajstić information content (AvgIpc) is 2.75. The molecule has 0 heterocycles. The second-order valence-electron chi connectivity index (χ2n) is 8.13. The third-order valence-electron chi connectivity index (χ3n) is 5.32. The molecule has 32 heavy (non-hydrogen) atoms. The molecule has 0 aliphatic rings. The van der Waals surface area contributed by atoms with E-state index in [1.165, 1.54) is 29.3 Å². The van der Waals surface area contributed by atoms with Crippen molar-refractivity contribution >= 4 is 38.2 Å². The fourth-order valence-electron chi connectivity index (χ4n) is 3.67. The Kier molecular flexibility index (Phi) is 7.30. The van der Waals surface area contributed by atoms with Gasteiger partial charge >= 0.3 is 0 Å². The molecule has 1 amide bonds. The first-order valence-corrected chi connectivity index (χ1v) is 12.3.